The molecule has 0 unspecified atom stereocenters. The van der Waals surface area contributed by atoms with Crippen LogP contribution in [-0.4, -0.2) is 20.9 Å². The molecule has 5 heteroatoms. The second-order valence-electron chi connectivity index (χ2n) is 6.42. The largest absolute Gasteiger partial charge is 0.339 e. The molecule has 0 radical (unpaired) electrons. The van der Waals surface area contributed by atoms with Gasteiger partial charge in [-0.1, -0.05) is 37.3 Å². The zero-order valence-electron chi connectivity index (χ0n) is 12.1. The van der Waals surface area contributed by atoms with Crippen LogP contribution < -0.4 is 5.73 Å². The van der Waals surface area contributed by atoms with Crippen molar-refractivity contribution < 1.29 is 4.52 Å². The highest BCUT2D eigenvalue weighted by atomic mass is 32.2. The Morgan fingerprint density at radius 1 is 1.15 bits per heavy atom. The Hall–Kier alpha value is -0.550. The first-order valence-corrected chi connectivity index (χ1v) is 9.00. The van der Waals surface area contributed by atoms with Gasteiger partial charge in [-0.2, -0.15) is 16.7 Å². The number of hydrogen-bond acceptors (Lipinski definition) is 5. The standard InChI is InChI=1S/C15H25N3OS/c16-15(8-4-1-5-9-15)10-14-17-13(18-19-14)11-20-12-6-2-3-7-12/h12H,1-11,16H2. The van der Waals surface area contributed by atoms with Crippen LogP contribution in [0.2, 0.25) is 0 Å². The smallest absolute Gasteiger partial charge is 0.228 e. The molecule has 0 saturated heterocycles. The van der Waals surface area contributed by atoms with E-state index in [-0.39, 0.29) is 5.54 Å². The number of rotatable bonds is 5. The van der Waals surface area contributed by atoms with Gasteiger partial charge < -0.3 is 10.3 Å². The van der Waals surface area contributed by atoms with Crippen molar-refractivity contribution in [1.82, 2.24) is 10.1 Å². The van der Waals surface area contributed by atoms with Gasteiger partial charge in [-0.15, -0.1) is 0 Å². The molecule has 1 heterocycles. The molecule has 0 amide bonds. The van der Waals surface area contributed by atoms with Gasteiger partial charge in [-0.3, -0.25) is 0 Å². The Labute approximate surface area is 125 Å². The molecule has 1 aromatic heterocycles. The summed E-state index contributed by atoms with van der Waals surface area (Å²) in [5.41, 5.74) is 6.33. The lowest BCUT2D eigenvalue weighted by molar-refractivity contribution is 0.260. The van der Waals surface area contributed by atoms with E-state index in [4.69, 9.17) is 10.3 Å². The molecule has 0 aromatic carbocycles. The van der Waals surface area contributed by atoms with Gasteiger partial charge in [0.05, 0.1) is 5.75 Å². The van der Waals surface area contributed by atoms with Crippen molar-refractivity contribution in [2.45, 2.75) is 80.7 Å². The molecule has 1 aromatic rings. The Morgan fingerprint density at radius 2 is 1.90 bits per heavy atom. The lowest BCUT2D eigenvalue weighted by Crippen LogP contribution is -2.43. The lowest BCUT2D eigenvalue weighted by atomic mass is 9.80. The summed E-state index contributed by atoms with van der Waals surface area (Å²) in [7, 11) is 0. The monoisotopic (exact) mass is 295 g/mol. The molecule has 20 heavy (non-hydrogen) atoms. The third-order valence-electron chi connectivity index (χ3n) is 4.61. The van der Waals surface area contributed by atoms with E-state index in [9.17, 15) is 0 Å². The molecule has 2 N–H and O–H groups in total. The third-order valence-corrected chi connectivity index (χ3v) is 5.98. The van der Waals surface area contributed by atoms with E-state index in [2.05, 4.69) is 10.1 Å². The van der Waals surface area contributed by atoms with E-state index < -0.39 is 0 Å². The van der Waals surface area contributed by atoms with Crippen LogP contribution in [0, 0.1) is 0 Å². The molecule has 4 nitrogen and oxygen atoms in total. The number of aromatic nitrogens is 2. The molecule has 3 rings (SSSR count). The maximum Gasteiger partial charge on any atom is 0.228 e. The quantitative estimate of drug-likeness (QED) is 0.901. The molecule has 2 saturated carbocycles. The Balaban J connectivity index is 1.50. The van der Waals surface area contributed by atoms with Crippen LogP contribution in [-0.2, 0) is 12.2 Å². The summed E-state index contributed by atoms with van der Waals surface area (Å²) in [5.74, 6) is 2.46. The SMILES string of the molecule is NC1(Cc2nc(CSC3CCCC3)no2)CCCCC1. The first-order valence-electron chi connectivity index (χ1n) is 7.95. The van der Waals surface area contributed by atoms with Gasteiger partial charge in [0.1, 0.15) is 0 Å². The van der Waals surface area contributed by atoms with E-state index in [1.54, 1.807) is 0 Å². The van der Waals surface area contributed by atoms with E-state index in [1.165, 1.54) is 44.9 Å². The summed E-state index contributed by atoms with van der Waals surface area (Å²) in [6.45, 7) is 0. The molecule has 0 atom stereocenters. The Morgan fingerprint density at radius 3 is 2.65 bits per heavy atom. The third kappa shape index (κ3) is 3.76. The van der Waals surface area contributed by atoms with Crippen LogP contribution in [0.3, 0.4) is 0 Å². The number of nitrogens with zero attached hydrogens (tertiary/aromatic N) is 2. The molecule has 2 aliphatic carbocycles. The molecule has 2 fully saturated rings. The maximum atomic E-state index is 6.44. The van der Waals surface area contributed by atoms with Crippen LogP contribution >= 0.6 is 11.8 Å². The Bertz CT molecular complexity index is 423. The average molecular weight is 295 g/mol. The normalized spacial score (nSPS) is 23.2. The van der Waals surface area contributed by atoms with E-state index in [1.807, 2.05) is 11.8 Å². The molecule has 0 spiro atoms. The fraction of sp³-hybridized carbons (Fsp3) is 0.867. The first-order chi connectivity index (χ1) is 9.73. The summed E-state index contributed by atoms with van der Waals surface area (Å²) in [6.07, 6.45) is 12.1. The van der Waals surface area contributed by atoms with E-state index in [0.29, 0.717) is 0 Å². The molecule has 0 aliphatic heterocycles. The van der Waals surface area contributed by atoms with Gasteiger partial charge in [0.25, 0.3) is 0 Å². The maximum absolute atomic E-state index is 6.44. The summed E-state index contributed by atoms with van der Waals surface area (Å²) >= 11 is 1.98. The summed E-state index contributed by atoms with van der Waals surface area (Å²) < 4.78 is 5.39. The van der Waals surface area contributed by atoms with Crippen molar-refractivity contribution >= 4 is 11.8 Å². The average Bonchev–Trinajstić information content (AvgIpc) is 3.08. The second-order valence-corrected chi connectivity index (χ2v) is 7.71. The van der Waals surface area contributed by atoms with Gasteiger partial charge in [-0.05, 0) is 25.7 Å². The molecule has 0 bridgehead atoms. The summed E-state index contributed by atoms with van der Waals surface area (Å²) in [6, 6.07) is 0. The van der Waals surface area contributed by atoms with Gasteiger partial charge in [0.15, 0.2) is 5.82 Å². The lowest BCUT2D eigenvalue weighted by Gasteiger charge is -2.31. The predicted molar refractivity (Wildman–Crippen MR) is 81.6 cm³/mol. The molecular weight excluding hydrogens is 270 g/mol. The zero-order valence-corrected chi connectivity index (χ0v) is 13.0. The van der Waals surface area contributed by atoms with E-state index in [0.717, 1.165) is 42.0 Å². The van der Waals surface area contributed by atoms with E-state index >= 15 is 0 Å². The molecule has 2 aliphatic rings. The number of nitrogens with two attached hydrogens (primary N) is 1. The second kappa shape index (κ2) is 6.48. The summed E-state index contributed by atoms with van der Waals surface area (Å²) in [5, 5.41) is 4.91. The fourth-order valence-corrected chi connectivity index (χ4v) is 4.57. The highest BCUT2D eigenvalue weighted by Gasteiger charge is 2.30. The van der Waals surface area contributed by atoms with Crippen LogP contribution in [0.1, 0.15) is 69.5 Å². The minimum atomic E-state index is -0.110. The van der Waals surface area contributed by atoms with Gasteiger partial charge >= 0.3 is 0 Å². The van der Waals surface area contributed by atoms with Crippen LogP contribution in [0.25, 0.3) is 0 Å². The van der Waals surface area contributed by atoms with Crippen molar-refractivity contribution in [3.63, 3.8) is 0 Å². The minimum Gasteiger partial charge on any atom is -0.339 e. The van der Waals surface area contributed by atoms with Gasteiger partial charge in [-0.25, -0.2) is 0 Å². The van der Waals surface area contributed by atoms with Crippen LogP contribution in [0.5, 0.6) is 0 Å². The van der Waals surface area contributed by atoms with Gasteiger partial charge in [0.2, 0.25) is 5.89 Å². The van der Waals surface area contributed by atoms with Crippen molar-refractivity contribution in [3.05, 3.63) is 11.7 Å². The van der Waals surface area contributed by atoms with Crippen LogP contribution in [0.15, 0.2) is 4.52 Å². The zero-order chi connectivity index (χ0) is 13.8. The molecule has 112 valence electrons. The Kier molecular flexibility index (Phi) is 4.66. The number of thioether (sulfide) groups is 1. The summed E-state index contributed by atoms with van der Waals surface area (Å²) in [4.78, 5) is 4.53. The minimum absolute atomic E-state index is 0.110. The highest BCUT2D eigenvalue weighted by Crippen LogP contribution is 2.31. The first kappa shape index (κ1) is 14.4. The van der Waals surface area contributed by atoms with Crippen molar-refractivity contribution in [2.24, 2.45) is 5.73 Å². The number of hydrogen-bond donors (Lipinski definition) is 1. The molecular formula is C15H25N3OS. The van der Waals surface area contributed by atoms with Crippen molar-refractivity contribution in [3.8, 4) is 0 Å². The topological polar surface area (TPSA) is 64.9 Å². The van der Waals surface area contributed by atoms with Crippen LogP contribution in [0.4, 0.5) is 0 Å². The highest BCUT2D eigenvalue weighted by molar-refractivity contribution is 7.99. The fourth-order valence-electron chi connectivity index (χ4n) is 3.40. The van der Waals surface area contributed by atoms with Crippen molar-refractivity contribution in [1.29, 1.82) is 0 Å². The predicted octanol–water partition coefficient (Wildman–Crippen LogP) is 3.45. The van der Waals surface area contributed by atoms with Gasteiger partial charge in [0, 0.05) is 17.2 Å². The van der Waals surface area contributed by atoms with Crippen molar-refractivity contribution in [2.75, 3.05) is 0 Å².